The van der Waals surface area contributed by atoms with E-state index in [-0.39, 0.29) is 0 Å². The lowest BCUT2D eigenvalue weighted by atomic mass is 9.85. The molecular weight excluding hydrogens is 352 g/mol. The van der Waals surface area contributed by atoms with Crippen molar-refractivity contribution in [2.45, 2.75) is 5.92 Å². The van der Waals surface area contributed by atoms with Crippen LogP contribution in [0.25, 0.3) is 6.08 Å². The van der Waals surface area contributed by atoms with E-state index in [1.165, 1.54) is 22.3 Å². The molecule has 0 spiro atoms. The van der Waals surface area contributed by atoms with Gasteiger partial charge in [0.1, 0.15) is 12.4 Å². The van der Waals surface area contributed by atoms with Gasteiger partial charge in [-0.05, 0) is 28.8 Å². The summed E-state index contributed by atoms with van der Waals surface area (Å²) in [5.41, 5.74) is 5.17. The second kappa shape index (κ2) is 9.57. The van der Waals surface area contributed by atoms with Gasteiger partial charge in [-0.3, -0.25) is 0 Å². The van der Waals surface area contributed by atoms with E-state index >= 15 is 0 Å². The number of benzene rings is 4. The summed E-state index contributed by atoms with van der Waals surface area (Å²) in [5.74, 6) is 1.30. The summed E-state index contributed by atoms with van der Waals surface area (Å²) in [5, 5.41) is 0. The third kappa shape index (κ3) is 4.83. The molecule has 1 heterocycles. The predicted molar refractivity (Wildman–Crippen MR) is 121 cm³/mol. The average Bonchev–Trinajstić information content (AvgIpc) is 2.82. The summed E-state index contributed by atoms with van der Waals surface area (Å²) in [4.78, 5) is 0. The van der Waals surface area contributed by atoms with E-state index in [2.05, 4.69) is 97.1 Å². The molecule has 1 aliphatic rings. The van der Waals surface area contributed by atoms with Gasteiger partial charge in [-0.25, -0.2) is 0 Å². The zero-order chi connectivity index (χ0) is 19.7. The van der Waals surface area contributed by atoms with Gasteiger partial charge in [0.2, 0.25) is 0 Å². The maximum atomic E-state index is 5.34. The fourth-order valence-corrected chi connectivity index (χ4v) is 3.58. The minimum atomic E-state index is 0.309. The van der Waals surface area contributed by atoms with E-state index < -0.39 is 0 Å². The van der Waals surface area contributed by atoms with Crippen LogP contribution in [-0.4, -0.2) is 6.61 Å². The maximum Gasteiger partial charge on any atom is 0.126 e. The Morgan fingerprint density at radius 3 is 1.45 bits per heavy atom. The fourth-order valence-electron chi connectivity index (χ4n) is 3.58. The van der Waals surface area contributed by atoms with E-state index in [9.17, 15) is 0 Å². The van der Waals surface area contributed by atoms with Gasteiger partial charge in [0.25, 0.3) is 0 Å². The first-order valence-corrected chi connectivity index (χ1v) is 9.95. The Kier molecular flexibility index (Phi) is 6.19. The molecule has 0 amide bonds. The quantitative estimate of drug-likeness (QED) is 0.351. The number of fused-ring (bicyclic) bond motifs is 1. The van der Waals surface area contributed by atoms with Crippen LogP contribution in [0.3, 0.4) is 0 Å². The average molecular weight is 376 g/mol. The Bertz CT molecular complexity index is 943. The van der Waals surface area contributed by atoms with Gasteiger partial charge >= 0.3 is 0 Å². The molecule has 4 aromatic rings. The Morgan fingerprint density at radius 1 is 0.517 bits per heavy atom. The van der Waals surface area contributed by atoms with Gasteiger partial charge < -0.3 is 4.74 Å². The zero-order valence-corrected chi connectivity index (χ0v) is 16.3. The van der Waals surface area contributed by atoms with Crippen LogP contribution < -0.4 is 4.74 Å². The Morgan fingerprint density at radius 2 is 0.966 bits per heavy atom. The van der Waals surface area contributed by atoms with Crippen LogP contribution in [0.1, 0.15) is 28.2 Å². The van der Waals surface area contributed by atoms with Crippen molar-refractivity contribution in [3.05, 3.63) is 144 Å². The summed E-state index contributed by atoms with van der Waals surface area (Å²) in [7, 11) is 0. The molecule has 0 unspecified atom stereocenters. The first kappa shape index (κ1) is 18.8. The van der Waals surface area contributed by atoms with E-state index in [0.29, 0.717) is 12.5 Å². The number of para-hydroxylation sites is 1. The first-order valence-electron chi connectivity index (χ1n) is 9.95. The Balaban J connectivity index is 0.000000171. The number of hydrogen-bond acceptors (Lipinski definition) is 1. The highest BCUT2D eigenvalue weighted by molar-refractivity contribution is 5.58. The van der Waals surface area contributed by atoms with Crippen LogP contribution in [-0.2, 0) is 0 Å². The van der Waals surface area contributed by atoms with Crippen molar-refractivity contribution in [2.75, 3.05) is 6.61 Å². The minimum Gasteiger partial charge on any atom is -0.489 e. The lowest BCUT2D eigenvalue weighted by Crippen LogP contribution is -2.02. The largest absolute Gasteiger partial charge is 0.489 e. The van der Waals surface area contributed by atoms with Gasteiger partial charge in [-0.2, -0.15) is 0 Å². The van der Waals surface area contributed by atoms with Crippen LogP contribution in [0, 0.1) is 0 Å². The smallest absolute Gasteiger partial charge is 0.126 e. The van der Waals surface area contributed by atoms with E-state index in [1.54, 1.807) is 0 Å². The molecule has 0 saturated carbocycles. The molecule has 0 bridgehead atoms. The molecule has 5 rings (SSSR count). The molecule has 29 heavy (non-hydrogen) atoms. The number of ether oxygens (including phenoxy) is 1. The highest BCUT2D eigenvalue weighted by Crippen LogP contribution is 2.31. The molecule has 0 radical (unpaired) electrons. The van der Waals surface area contributed by atoms with E-state index in [4.69, 9.17) is 4.74 Å². The Hall–Kier alpha value is -3.58. The molecule has 4 aromatic carbocycles. The summed E-state index contributed by atoms with van der Waals surface area (Å²) in [6, 6.07) is 40.1. The van der Waals surface area contributed by atoms with Crippen molar-refractivity contribution in [3.8, 4) is 5.75 Å². The molecule has 0 N–H and O–H groups in total. The summed E-state index contributed by atoms with van der Waals surface area (Å²) in [6.45, 7) is 0.705. The molecule has 1 heteroatoms. The van der Waals surface area contributed by atoms with Crippen molar-refractivity contribution in [2.24, 2.45) is 0 Å². The fraction of sp³-hybridized carbons (Fsp3) is 0.0714. The van der Waals surface area contributed by atoms with Gasteiger partial charge in [-0.1, -0.05) is 115 Å². The topological polar surface area (TPSA) is 9.23 Å². The summed E-state index contributed by atoms with van der Waals surface area (Å²) < 4.78 is 5.34. The highest BCUT2D eigenvalue weighted by Gasteiger charge is 2.15. The van der Waals surface area contributed by atoms with Crippen molar-refractivity contribution >= 4 is 6.08 Å². The van der Waals surface area contributed by atoms with Crippen LogP contribution in [0.5, 0.6) is 5.75 Å². The number of rotatable bonds is 3. The lowest BCUT2D eigenvalue weighted by Gasteiger charge is -2.18. The molecule has 1 aliphatic heterocycles. The molecule has 0 atom stereocenters. The molecule has 0 fully saturated rings. The summed E-state index contributed by atoms with van der Waals surface area (Å²) in [6.07, 6.45) is 4.10. The van der Waals surface area contributed by atoms with Gasteiger partial charge in [-0.15, -0.1) is 0 Å². The second-order valence-electron chi connectivity index (χ2n) is 6.92. The van der Waals surface area contributed by atoms with Crippen LogP contribution in [0.15, 0.2) is 121 Å². The van der Waals surface area contributed by atoms with Gasteiger partial charge in [0, 0.05) is 11.5 Å². The molecular formula is C28H24O. The standard InChI is InChI=1S/C19H16.C9H8O/c1-4-10-16(11-5-1)19(17-12-6-2-7-13-17)18-14-8-3-9-15-18;1-2-6-9-8(4-1)5-3-7-10-9/h1-15,19H;1-6H,7H2. The van der Waals surface area contributed by atoms with Crippen molar-refractivity contribution in [1.29, 1.82) is 0 Å². The van der Waals surface area contributed by atoms with Crippen molar-refractivity contribution in [1.82, 2.24) is 0 Å². The normalized spacial score (nSPS) is 11.8. The van der Waals surface area contributed by atoms with Crippen LogP contribution in [0.2, 0.25) is 0 Å². The van der Waals surface area contributed by atoms with Gasteiger partial charge in [0.15, 0.2) is 0 Å². The monoisotopic (exact) mass is 376 g/mol. The lowest BCUT2D eigenvalue weighted by molar-refractivity contribution is 0.358. The Labute approximate surface area is 172 Å². The number of hydrogen-bond donors (Lipinski definition) is 0. The SMILES string of the molecule is C1=Cc2ccccc2OC1.c1ccc(C(c2ccccc2)c2ccccc2)cc1. The molecule has 1 nitrogen and oxygen atoms in total. The second-order valence-corrected chi connectivity index (χ2v) is 6.92. The van der Waals surface area contributed by atoms with Crippen molar-refractivity contribution in [3.63, 3.8) is 0 Å². The maximum absolute atomic E-state index is 5.34. The first-order chi connectivity index (χ1) is 14.4. The highest BCUT2D eigenvalue weighted by atomic mass is 16.5. The van der Waals surface area contributed by atoms with Crippen LogP contribution >= 0.6 is 0 Å². The zero-order valence-electron chi connectivity index (χ0n) is 16.3. The van der Waals surface area contributed by atoms with Crippen LogP contribution in [0.4, 0.5) is 0 Å². The minimum absolute atomic E-state index is 0.309. The van der Waals surface area contributed by atoms with Gasteiger partial charge in [0.05, 0.1) is 0 Å². The molecule has 142 valence electrons. The summed E-state index contributed by atoms with van der Waals surface area (Å²) >= 11 is 0. The molecule has 0 aliphatic carbocycles. The third-order valence-corrected chi connectivity index (χ3v) is 4.95. The van der Waals surface area contributed by atoms with E-state index in [1.807, 2.05) is 30.3 Å². The predicted octanol–water partition coefficient (Wildman–Crippen LogP) is 6.96. The third-order valence-electron chi connectivity index (χ3n) is 4.95. The molecule has 0 aromatic heterocycles. The molecule has 0 saturated heterocycles. The van der Waals surface area contributed by atoms with E-state index in [0.717, 1.165) is 5.75 Å². The van der Waals surface area contributed by atoms with Crippen molar-refractivity contribution < 1.29 is 4.74 Å².